The molecular formula is C17H19Cl2N3O. The van der Waals surface area contributed by atoms with Gasteiger partial charge >= 0.3 is 0 Å². The van der Waals surface area contributed by atoms with Crippen LogP contribution in [0.4, 0.5) is 0 Å². The molecule has 1 heterocycles. The van der Waals surface area contributed by atoms with Crippen LogP contribution in [0.15, 0.2) is 24.3 Å². The van der Waals surface area contributed by atoms with Crippen molar-refractivity contribution in [1.29, 1.82) is 0 Å². The number of nitrogens with one attached hydrogen (secondary N) is 2. The van der Waals surface area contributed by atoms with E-state index in [9.17, 15) is 4.79 Å². The molecule has 0 spiro atoms. The number of nitrogens with zero attached hydrogens (tertiary/aromatic N) is 1. The van der Waals surface area contributed by atoms with Crippen molar-refractivity contribution in [3.05, 3.63) is 40.0 Å². The molecule has 2 aromatic rings. The molecule has 1 aromatic heterocycles. The molecule has 0 saturated heterocycles. The summed E-state index contributed by atoms with van der Waals surface area (Å²) in [6, 6.07) is 7.20. The maximum Gasteiger partial charge on any atom is 0.269 e. The summed E-state index contributed by atoms with van der Waals surface area (Å²) in [5.74, 6) is -0.110. The van der Waals surface area contributed by atoms with Gasteiger partial charge in [-0.05, 0) is 37.1 Å². The Labute approximate surface area is 145 Å². The molecule has 1 aromatic carbocycles. The largest absolute Gasteiger partial charge is 0.348 e. The lowest BCUT2D eigenvalue weighted by Gasteiger charge is -2.15. The van der Waals surface area contributed by atoms with Crippen molar-refractivity contribution in [2.45, 2.75) is 44.6 Å². The first-order valence-corrected chi connectivity index (χ1v) is 8.71. The average Bonchev–Trinajstić information content (AvgIpc) is 2.86. The van der Waals surface area contributed by atoms with Crippen molar-refractivity contribution in [2.75, 3.05) is 0 Å². The fraction of sp³-hybridized carbons (Fsp3) is 0.412. The van der Waals surface area contributed by atoms with Crippen molar-refractivity contribution in [3.63, 3.8) is 0 Å². The van der Waals surface area contributed by atoms with Gasteiger partial charge in [-0.15, -0.1) is 0 Å². The van der Waals surface area contributed by atoms with Crippen LogP contribution in [0.5, 0.6) is 0 Å². The van der Waals surface area contributed by atoms with Crippen LogP contribution in [0.3, 0.4) is 0 Å². The Morgan fingerprint density at radius 2 is 1.87 bits per heavy atom. The van der Waals surface area contributed by atoms with Gasteiger partial charge in [-0.1, -0.05) is 48.9 Å². The maximum atomic E-state index is 12.4. The highest BCUT2D eigenvalue weighted by Gasteiger charge is 2.18. The van der Waals surface area contributed by atoms with Gasteiger partial charge in [0.15, 0.2) is 0 Å². The van der Waals surface area contributed by atoms with Crippen molar-refractivity contribution in [3.8, 4) is 11.3 Å². The number of aromatic nitrogens is 2. The van der Waals surface area contributed by atoms with E-state index in [2.05, 4.69) is 15.5 Å². The number of benzene rings is 1. The Bertz CT molecular complexity index is 691. The van der Waals surface area contributed by atoms with Gasteiger partial charge in [0.2, 0.25) is 0 Å². The summed E-state index contributed by atoms with van der Waals surface area (Å²) in [4.78, 5) is 12.4. The second-order valence-corrected chi connectivity index (χ2v) is 6.80. The van der Waals surface area contributed by atoms with Crippen LogP contribution in [0.2, 0.25) is 10.0 Å². The summed E-state index contributed by atoms with van der Waals surface area (Å²) >= 11 is 12.1. The molecule has 0 atom stereocenters. The Hall–Kier alpha value is -1.52. The molecule has 2 N–H and O–H groups in total. The van der Waals surface area contributed by atoms with Crippen LogP contribution in [0.1, 0.15) is 49.0 Å². The number of halogens is 2. The molecule has 4 nitrogen and oxygen atoms in total. The molecule has 23 heavy (non-hydrogen) atoms. The molecule has 0 unspecified atom stereocenters. The van der Waals surface area contributed by atoms with E-state index >= 15 is 0 Å². The minimum absolute atomic E-state index is 0.110. The van der Waals surface area contributed by atoms with Gasteiger partial charge in [0.1, 0.15) is 5.69 Å². The summed E-state index contributed by atoms with van der Waals surface area (Å²) in [6.45, 7) is 0. The molecule has 0 aliphatic heterocycles. The third-order valence-corrected chi connectivity index (χ3v) is 4.77. The zero-order chi connectivity index (χ0) is 16.2. The Morgan fingerprint density at radius 1 is 1.13 bits per heavy atom. The summed E-state index contributed by atoms with van der Waals surface area (Å²) in [5, 5.41) is 11.2. The van der Waals surface area contributed by atoms with Gasteiger partial charge in [-0.3, -0.25) is 9.89 Å². The molecule has 1 fully saturated rings. The number of carbonyl (C=O) groups is 1. The van der Waals surface area contributed by atoms with Crippen molar-refractivity contribution >= 4 is 29.1 Å². The van der Waals surface area contributed by atoms with E-state index in [1.54, 1.807) is 24.3 Å². The molecule has 0 radical (unpaired) electrons. The fourth-order valence-corrected chi connectivity index (χ4v) is 3.47. The zero-order valence-corrected chi connectivity index (χ0v) is 14.3. The van der Waals surface area contributed by atoms with Gasteiger partial charge in [-0.25, -0.2) is 0 Å². The smallest absolute Gasteiger partial charge is 0.269 e. The predicted molar refractivity (Wildman–Crippen MR) is 93.0 cm³/mol. The SMILES string of the molecule is O=C(NC1CCCCCC1)c1cc(-c2ccc(Cl)cc2Cl)n[nH]1. The third-order valence-electron chi connectivity index (χ3n) is 4.22. The lowest BCUT2D eigenvalue weighted by molar-refractivity contribution is 0.0928. The van der Waals surface area contributed by atoms with E-state index < -0.39 is 0 Å². The maximum absolute atomic E-state index is 12.4. The Kier molecular flexibility index (Phi) is 5.23. The molecule has 122 valence electrons. The molecular weight excluding hydrogens is 333 g/mol. The summed E-state index contributed by atoms with van der Waals surface area (Å²) in [5.41, 5.74) is 1.84. The van der Waals surface area contributed by atoms with Gasteiger partial charge in [0.25, 0.3) is 5.91 Å². The van der Waals surface area contributed by atoms with Crippen LogP contribution in [-0.2, 0) is 0 Å². The number of carbonyl (C=O) groups excluding carboxylic acids is 1. The van der Waals surface area contributed by atoms with E-state index in [4.69, 9.17) is 23.2 Å². The highest BCUT2D eigenvalue weighted by Crippen LogP contribution is 2.29. The normalized spacial score (nSPS) is 16.1. The van der Waals surface area contributed by atoms with E-state index in [1.165, 1.54) is 25.7 Å². The molecule has 0 bridgehead atoms. The molecule has 1 saturated carbocycles. The van der Waals surface area contributed by atoms with Crippen LogP contribution in [0, 0.1) is 0 Å². The van der Waals surface area contributed by atoms with Crippen molar-refractivity contribution in [1.82, 2.24) is 15.5 Å². The second-order valence-electron chi connectivity index (χ2n) is 5.95. The monoisotopic (exact) mass is 351 g/mol. The molecule has 1 aliphatic carbocycles. The summed E-state index contributed by atoms with van der Waals surface area (Å²) in [7, 11) is 0. The van der Waals surface area contributed by atoms with Crippen LogP contribution < -0.4 is 5.32 Å². The minimum Gasteiger partial charge on any atom is -0.348 e. The molecule has 6 heteroatoms. The van der Waals surface area contributed by atoms with Gasteiger partial charge < -0.3 is 5.32 Å². The first-order valence-electron chi connectivity index (χ1n) is 7.95. The van der Waals surface area contributed by atoms with Crippen LogP contribution >= 0.6 is 23.2 Å². The van der Waals surface area contributed by atoms with Crippen molar-refractivity contribution < 1.29 is 4.79 Å². The van der Waals surface area contributed by atoms with Gasteiger partial charge in [0.05, 0.1) is 10.7 Å². The summed E-state index contributed by atoms with van der Waals surface area (Å²) < 4.78 is 0. The standard InChI is InChI=1S/C17H19Cl2N3O/c18-11-7-8-13(14(19)9-11)15-10-16(22-21-15)17(23)20-12-5-3-1-2-4-6-12/h7-10,12H,1-6H2,(H,20,23)(H,21,22). The highest BCUT2D eigenvalue weighted by molar-refractivity contribution is 6.36. The highest BCUT2D eigenvalue weighted by atomic mass is 35.5. The quantitative estimate of drug-likeness (QED) is 0.777. The number of amides is 1. The number of rotatable bonds is 3. The van der Waals surface area contributed by atoms with E-state index in [-0.39, 0.29) is 11.9 Å². The van der Waals surface area contributed by atoms with E-state index in [0.717, 1.165) is 18.4 Å². The van der Waals surface area contributed by atoms with Gasteiger partial charge in [-0.2, -0.15) is 5.10 Å². The second kappa shape index (κ2) is 7.37. The lowest BCUT2D eigenvalue weighted by Crippen LogP contribution is -2.34. The first-order chi connectivity index (χ1) is 11.1. The molecule has 1 amide bonds. The number of aromatic amines is 1. The molecule has 1 aliphatic rings. The predicted octanol–water partition coefficient (Wildman–Crippen LogP) is 4.84. The van der Waals surface area contributed by atoms with Crippen molar-refractivity contribution in [2.24, 2.45) is 0 Å². The Balaban J connectivity index is 1.72. The fourth-order valence-electron chi connectivity index (χ4n) is 2.96. The van der Waals surface area contributed by atoms with E-state index in [0.29, 0.717) is 21.4 Å². The first kappa shape index (κ1) is 16.3. The molecule has 3 rings (SSSR count). The third kappa shape index (κ3) is 4.06. The number of hydrogen-bond acceptors (Lipinski definition) is 2. The zero-order valence-electron chi connectivity index (χ0n) is 12.7. The van der Waals surface area contributed by atoms with Crippen LogP contribution in [-0.4, -0.2) is 22.1 Å². The Morgan fingerprint density at radius 3 is 2.57 bits per heavy atom. The summed E-state index contributed by atoms with van der Waals surface area (Å²) in [6.07, 6.45) is 6.98. The average molecular weight is 352 g/mol. The topological polar surface area (TPSA) is 57.8 Å². The lowest BCUT2D eigenvalue weighted by atomic mass is 10.1. The minimum atomic E-state index is -0.110. The number of hydrogen-bond donors (Lipinski definition) is 2. The van der Waals surface area contributed by atoms with Crippen LogP contribution in [0.25, 0.3) is 11.3 Å². The van der Waals surface area contributed by atoms with E-state index in [1.807, 2.05) is 0 Å². The number of H-pyrrole nitrogens is 1. The van der Waals surface area contributed by atoms with Gasteiger partial charge in [0, 0.05) is 16.6 Å².